The van der Waals surface area contributed by atoms with Gasteiger partial charge in [-0.15, -0.1) is 0 Å². The molecule has 2 rings (SSSR count). The van der Waals surface area contributed by atoms with Crippen molar-refractivity contribution in [2.75, 3.05) is 17.7 Å². The Hall–Kier alpha value is -1.62. The molecule has 2 aromatic heterocycles. The van der Waals surface area contributed by atoms with E-state index in [0.29, 0.717) is 0 Å². The van der Waals surface area contributed by atoms with Crippen molar-refractivity contribution in [3.05, 3.63) is 41.1 Å². The molecule has 0 spiro atoms. The van der Waals surface area contributed by atoms with Crippen LogP contribution in [-0.2, 0) is 0 Å². The van der Waals surface area contributed by atoms with Crippen molar-refractivity contribution in [1.29, 1.82) is 0 Å². The van der Waals surface area contributed by atoms with Gasteiger partial charge in [0, 0.05) is 19.4 Å². The highest BCUT2D eigenvalue weighted by molar-refractivity contribution is 9.10. The van der Waals surface area contributed by atoms with E-state index in [2.05, 4.69) is 36.5 Å². The van der Waals surface area contributed by atoms with E-state index in [1.807, 2.05) is 31.3 Å². The largest absolute Gasteiger partial charge is 0.371 e. The van der Waals surface area contributed by atoms with Gasteiger partial charge in [-0.05, 0) is 40.2 Å². The molecule has 0 aliphatic rings. The average Bonchev–Trinajstić information content (AvgIpc) is 2.33. The highest BCUT2D eigenvalue weighted by Crippen LogP contribution is 2.26. The fraction of sp³-hybridized carbons (Fsp3) is 0.0909. The van der Waals surface area contributed by atoms with Crippen LogP contribution in [0.15, 0.2) is 41.1 Å². The molecule has 2 aromatic rings. The summed E-state index contributed by atoms with van der Waals surface area (Å²) in [6.45, 7) is 0. The monoisotopic (exact) mass is 278 g/mol. The molecule has 0 amide bonds. The summed E-state index contributed by atoms with van der Waals surface area (Å²) in [6, 6.07) is 7.63. The normalized spacial score (nSPS) is 9.88. The van der Waals surface area contributed by atoms with E-state index in [9.17, 15) is 0 Å². The number of pyridine rings is 2. The summed E-state index contributed by atoms with van der Waals surface area (Å²) in [5.41, 5.74) is 0.893. The van der Waals surface area contributed by atoms with Gasteiger partial charge in [-0.25, -0.2) is 9.97 Å². The first-order valence-corrected chi connectivity index (χ1v) is 5.61. The van der Waals surface area contributed by atoms with Crippen LogP contribution in [0.5, 0.6) is 0 Å². The molecule has 0 aromatic carbocycles. The zero-order valence-electron chi connectivity index (χ0n) is 8.74. The second-order valence-corrected chi connectivity index (χ2v) is 3.96. The molecule has 0 saturated heterocycles. The van der Waals surface area contributed by atoms with Gasteiger partial charge in [-0.2, -0.15) is 0 Å². The van der Waals surface area contributed by atoms with Crippen molar-refractivity contribution in [2.24, 2.45) is 0 Å². The highest BCUT2D eigenvalue weighted by atomic mass is 79.9. The van der Waals surface area contributed by atoms with Gasteiger partial charge in [0.15, 0.2) is 0 Å². The third-order valence-electron chi connectivity index (χ3n) is 2.06. The zero-order chi connectivity index (χ0) is 11.4. The Morgan fingerprint density at radius 2 is 1.75 bits per heavy atom. The van der Waals surface area contributed by atoms with Crippen LogP contribution in [0.3, 0.4) is 0 Å². The van der Waals surface area contributed by atoms with E-state index in [1.54, 1.807) is 12.4 Å². The Balaban J connectivity index is 2.30. The number of hydrogen-bond donors (Lipinski definition) is 2. The summed E-state index contributed by atoms with van der Waals surface area (Å²) in [5, 5.41) is 6.23. The zero-order valence-corrected chi connectivity index (χ0v) is 10.3. The third-order valence-corrected chi connectivity index (χ3v) is 2.70. The minimum absolute atomic E-state index is 0.770. The van der Waals surface area contributed by atoms with Gasteiger partial charge in [0.2, 0.25) is 0 Å². The van der Waals surface area contributed by atoms with Crippen molar-refractivity contribution < 1.29 is 0 Å². The molecule has 0 unspecified atom stereocenters. The van der Waals surface area contributed by atoms with Crippen molar-refractivity contribution in [2.45, 2.75) is 0 Å². The van der Waals surface area contributed by atoms with Crippen LogP contribution < -0.4 is 10.6 Å². The topological polar surface area (TPSA) is 49.8 Å². The molecule has 0 atom stereocenters. The molecule has 0 bridgehead atoms. The molecular formula is C11H11BrN4. The van der Waals surface area contributed by atoms with Crippen molar-refractivity contribution in [3.63, 3.8) is 0 Å². The Kier molecular flexibility index (Phi) is 3.36. The predicted molar refractivity (Wildman–Crippen MR) is 69.0 cm³/mol. The van der Waals surface area contributed by atoms with Gasteiger partial charge < -0.3 is 10.6 Å². The van der Waals surface area contributed by atoms with Crippen molar-refractivity contribution in [3.8, 4) is 0 Å². The van der Waals surface area contributed by atoms with Crippen LogP contribution in [0.2, 0.25) is 0 Å². The predicted octanol–water partition coefficient (Wildman–Crippen LogP) is 3.02. The number of nitrogens with one attached hydrogen (secondary N) is 2. The molecule has 2 N–H and O–H groups in total. The van der Waals surface area contributed by atoms with E-state index >= 15 is 0 Å². The van der Waals surface area contributed by atoms with E-state index in [0.717, 1.165) is 21.8 Å². The highest BCUT2D eigenvalue weighted by Gasteiger charge is 2.04. The van der Waals surface area contributed by atoms with Crippen LogP contribution in [0.1, 0.15) is 0 Å². The summed E-state index contributed by atoms with van der Waals surface area (Å²) in [5.74, 6) is 1.56. The SMILES string of the molecule is CNc1ncccc1Nc1ncccc1Br. The average molecular weight is 279 g/mol. The Morgan fingerprint density at radius 1 is 1.06 bits per heavy atom. The van der Waals surface area contributed by atoms with E-state index in [1.165, 1.54) is 0 Å². The van der Waals surface area contributed by atoms with E-state index in [4.69, 9.17) is 0 Å². The van der Waals surface area contributed by atoms with Crippen molar-refractivity contribution in [1.82, 2.24) is 9.97 Å². The maximum atomic E-state index is 4.24. The molecular weight excluding hydrogens is 268 g/mol. The van der Waals surface area contributed by atoms with Crippen LogP contribution >= 0.6 is 15.9 Å². The lowest BCUT2D eigenvalue weighted by Crippen LogP contribution is -2.00. The van der Waals surface area contributed by atoms with Crippen LogP contribution in [0.25, 0.3) is 0 Å². The summed E-state index contributed by atoms with van der Waals surface area (Å²) in [7, 11) is 1.83. The summed E-state index contributed by atoms with van der Waals surface area (Å²) < 4.78 is 0.918. The van der Waals surface area contributed by atoms with Gasteiger partial charge in [-0.1, -0.05) is 0 Å². The van der Waals surface area contributed by atoms with Gasteiger partial charge >= 0.3 is 0 Å². The molecule has 16 heavy (non-hydrogen) atoms. The number of aromatic nitrogens is 2. The molecule has 0 saturated carbocycles. The minimum atomic E-state index is 0.770. The first-order valence-electron chi connectivity index (χ1n) is 4.81. The van der Waals surface area contributed by atoms with Gasteiger partial charge in [0.05, 0.1) is 10.2 Å². The smallest absolute Gasteiger partial charge is 0.149 e. The fourth-order valence-electron chi connectivity index (χ4n) is 1.31. The van der Waals surface area contributed by atoms with Crippen LogP contribution in [-0.4, -0.2) is 17.0 Å². The molecule has 5 heteroatoms. The standard InChI is InChI=1S/C11H11BrN4/c1-13-11-9(5-3-7-15-11)16-10-8(12)4-2-6-14-10/h2-7H,1H3,(H,13,15)(H,14,16). The first-order chi connectivity index (χ1) is 7.81. The van der Waals surface area contributed by atoms with E-state index in [-0.39, 0.29) is 0 Å². The summed E-state index contributed by atoms with van der Waals surface area (Å²) in [4.78, 5) is 8.44. The second-order valence-electron chi connectivity index (χ2n) is 3.11. The van der Waals surface area contributed by atoms with Crippen LogP contribution in [0, 0.1) is 0 Å². The quantitative estimate of drug-likeness (QED) is 0.906. The molecule has 0 aliphatic carbocycles. The minimum Gasteiger partial charge on any atom is -0.371 e. The summed E-state index contributed by atoms with van der Waals surface area (Å²) >= 11 is 3.43. The Bertz CT molecular complexity index is 487. The number of rotatable bonds is 3. The molecule has 2 heterocycles. The Labute approximate surface area is 102 Å². The number of nitrogens with zero attached hydrogens (tertiary/aromatic N) is 2. The Morgan fingerprint density at radius 3 is 2.44 bits per heavy atom. The summed E-state index contributed by atoms with van der Waals surface area (Å²) in [6.07, 6.45) is 3.48. The van der Waals surface area contributed by atoms with Crippen molar-refractivity contribution >= 4 is 33.3 Å². The molecule has 0 fully saturated rings. The number of halogens is 1. The lowest BCUT2D eigenvalue weighted by molar-refractivity contribution is 1.25. The molecule has 4 nitrogen and oxygen atoms in total. The maximum absolute atomic E-state index is 4.24. The van der Waals surface area contributed by atoms with Gasteiger partial charge in [-0.3, -0.25) is 0 Å². The first kappa shape index (κ1) is 10.9. The fourth-order valence-corrected chi connectivity index (χ4v) is 1.66. The lowest BCUT2D eigenvalue weighted by Gasteiger charge is -2.10. The van der Waals surface area contributed by atoms with Gasteiger partial charge in [0.25, 0.3) is 0 Å². The van der Waals surface area contributed by atoms with E-state index < -0.39 is 0 Å². The van der Waals surface area contributed by atoms with Gasteiger partial charge in [0.1, 0.15) is 11.6 Å². The molecule has 82 valence electrons. The molecule has 0 aliphatic heterocycles. The number of hydrogen-bond acceptors (Lipinski definition) is 4. The lowest BCUT2D eigenvalue weighted by atomic mass is 10.3. The molecule has 0 radical (unpaired) electrons. The number of anilines is 3. The second kappa shape index (κ2) is 4.94. The van der Waals surface area contributed by atoms with Crippen LogP contribution in [0.4, 0.5) is 17.3 Å². The maximum Gasteiger partial charge on any atom is 0.149 e. The third kappa shape index (κ3) is 2.30.